The molecule has 4 nitrogen and oxygen atoms in total. The van der Waals surface area contributed by atoms with Crippen molar-refractivity contribution in [3.63, 3.8) is 0 Å². The highest BCUT2D eigenvalue weighted by Crippen LogP contribution is 2.52. The molecule has 0 aliphatic carbocycles. The Kier molecular flexibility index (Phi) is 6.48. The van der Waals surface area contributed by atoms with Crippen molar-refractivity contribution < 1.29 is 22.7 Å². The summed E-state index contributed by atoms with van der Waals surface area (Å²) < 4.78 is 48.7. The fraction of sp³-hybridized carbons (Fsp3) is 0.231. The van der Waals surface area contributed by atoms with Gasteiger partial charge in [-0.05, 0) is 59.2 Å². The largest absolute Gasteiger partial charge is 0.472 e. The molecule has 1 atom stereocenters. The van der Waals surface area contributed by atoms with Gasteiger partial charge in [0.05, 0.1) is 11.3 Å². The minimum Gasteiger partial charge on any atom is -0.472 e. The van der Waals surface area contributed by atoms with Crippen LogP contribution in [0.2, 0.25) is 10.0 Å². The first-order valence-electron chi connectivity index (χ1n) is 10.6. The molecule has 1 aliphatic rings. The number of anilines is 1. The molecule has 180 valence electrons. The number of halogens is 5. The van der Waals surface area contributed by atoms with Gasteiger partial charge in [-0.25, -0.2) is 0 Å². The predicted molar refractivity (Wildman–Crippen MR) is 129 cm³/mol. The Morgan fingerprint density at radius 1 is 1.06 bits per heavy atom. The van der Waals surface area contributed by atoms with Crippen molar-refractivity contribution in [1.82, 2.24) is 0 Å². The summed E-state index contributed by atoms with van der Waals surface area (Å²) in [6.45, 7) is 3.46. The first-order chi connectivity index (χ1) is 16.4. The third kappa shape index (κ3) is 4.69. The molecule has 0 saturated carbocycles. The van der Waals surface area contributed by atoms with Gasteiger partial charge in [0.2, 0.25) is 11.5 Å². The molecule has 3 aromatic carbocycles. The fourth-order valence-electron chi connectivity index (χ4n) is 3.96. The van der Waals surface area contributed by atoms with E-state index in [0.717, 1.165) is 0 Å². The molecule has 0 bridgehead atoms. The molecular weight excluding hydrogens is 500 g/mol. The van der Waals surface area contributed by atoms with Crippen molar-refractivity contribution >= 4 is 34.8 Å². The van der Waals surface area contributed by atoms with Gasteiger partial charge < -0.3 is 10.1 Å². The van der Waals surface area contributed by atoms with E-state index in [1.807, 2.05) is 6.07 Å². The van der Waals surface area contributed by atoms with Crippen molar-refractivity contribution in [1.29, 1.82) is 5.26 Å². The monoisotopic (exact) mass is 518 g/mol. The van der Waals surface area contributed by atoms with E-state index in [0.29, 0.717) is 22.4 Å². The van der Waals surface area contributed by atoms with E-state index >= 15 is 0 Å². The van der Waals surface area contributed by atoms with Gasteiger partial charge in [-0.3, -0.25) is 4.79 Å². The summed E-state index contributed by atoms with van der Waals surface area (Å²) in [7, 11) is 0. The summed E-state index contributed by atoms with van der Waals surface area (Å²) in [4.78, 5) is 12.2. The van der Waals surface area contributed by atoms with Crippen LogP contribution in [0.1, 0.15) is 30.5 Å². The molecule has 1 amide bonds. The zero-order chi connectivity index (χ0) is 25.5. The van der Waals surface area contributed by atoms with Gasteiger partial charge in [-0.15, -0.1) is 0 Å². The highest BCUT2D eigenvalue weighted by molar-refractivity contribution is 6.34. The Morgan fingerprint density at radius 3 is 2.29 bits per heavy atom. The number of alkyl halides is 3. The molecule has 1 aliphatic heterocycles. The van der Waals surface area contributed by atoms with Gasteiger partial charge in [-0.1, -0.05) is 49.2 Å². The van der Waals surface area contributed by atoms with Crippen molar-refractivity contribution in [3.05, 3.63) is 81.3 Å². The minimum atomic E-state index is -4.75. The fourth-order valence-corrected chi connectivity index (χ4v) is 4.49. The number of hydrogen-bond donors (Lipinski definition) is 1. The minimum absolute atomic E-state index is 0.0740. The van der Waals surface area contributed by atoms with Crippen LogP contribution in [0.15, 0.2) is 54.6 Å². The topological polar surface area (TPSA) is 62.1 Å². The Labute approximate surface area is 210 Å². The number of carbonyl (C=O) groups is 1. The Hall–Kier alpha value is -3.21. The summed E-state index contributed by atoms with van der Waals surface area (Å²) in [5.41, 5.74) is -0.617. The number of carbonyl (C=O) groups excluding carboxylic acids is 1. The van der Waals surface area contributed by atoms with E-state index in [4.69, 9.17) is 27.9 Å². The third-order valence-electron chi connectivity index (χ3n) is 5.83. The van der Waals surface area contributed by atoms with Crippen LogP contribution >= 0.6 is 23.2 Å². The van der Waals surface area contributed by atoms with E-state index in [-0.39, 0.29) is 38.7 Å². The lowest BCUT2D eigenvalue weighted by molar-refractivity contribution is -0.248. The average Bonchev–Trinajstić information content (AvgIpc) is 3.19. The summed E-state index contributed by atoms with van der Waals surface area (Å²) in [5, 5.41) is 12.3. The molecule has 0 spiro atoms. The molecule has 9 heteroatoms. The molecule has 0 radical (unpaired) electrons. The number of nitrogens with zero attached hydrogens (tertiary/aromatic N) is 1. The van der Waals surface area contributed by atoms with E-state index < -0.39 is 18.2 Å². The first kappa shape index (κ1) is 24.9. The Bertz CT molecular complexity index is 1350. The second-order valence-electron chi connectivity index (χ2n) is 8.60. The molecule has 1 unspecified atom stereocenters. The Morgan fingerprint density at radius 2 is 1.69 bits per heavy atom. The van der Waals surface area contributed by atoms with Gasteiger partial charge in [0, 0.05) is 27.9 Å². The number of fused-ring (bicyclic) bond motifs is 1. The zero-order valence-electron chi connectivity index (χ0n) is 18.6. The normalized spacial score (nSPS) is 17.0. The van der Waals surface area contributed by atoms with Crippen LogP contribution in [0.4, 0.5) is 18.9 Å². The first-order valence-corrected chi connectivity index (χ1v) is 11.4. The van der Waals surface area contributed by atoms with Gasteiger partial charge >= 0.3 is 6.18 Å². The van der Waals surface area contributed by atoms with Crippen LogP contribution in [-0.2, 0) is 16.8 Å². The number of rotatable bonds is 4. The number of nitrogens with one attached hydrogen (secondary N) is 1. The quantitative estimate of drug-likeness (QED) is 0.388. The lowest BCUT2D eigenvalue weighted by atomic mass is 9.87. The lowest BCUT2D eigenvalue weighted by Gasteiger charge is -2.31. The maximum Gasteiger partial charge on any atom is 0.432 e. The highest BCUT2D eigenvalue weighted by atomic mass is 35.5. The molecule has 0 saturated heterocycles. The molecule has 0 aromatic heterocycles. The highest BCUT2D eigenvalue weighted by Gasteiger charge is 2.61. The van der Waals surface area contributed by atoms with E-state index in [9.17, 15) is 23.2 Å². The standard InChI is InChI=1S/C26H19Cl2F3N2O2/c1-14(2)24(34)33-22-8-16(3-4-17(22)13-32)15-5-6-23-18(7-15)12-25(35-23,26(29,30)31)19-9-20(27)11-21(28)10-19/h3-11,14H,12H2,1-2H3,(H,33,34). The molecule has 0 fully saturated rings. The van der Waals surface area contributed by atoms with Gasteiger partial charge in [0.15, 0.2) is 0 Å². The molecule has 35 heavy (non-hydrogen) atoms. The second-order valence-corrected chi connectivity index (χ2v) is 9.47. The number of hydrogen-bond acceptors (Lipinski definition) is 3. The van der Waals surface area contributed by atoms with Gasteiger partial charge in [0.25, 0.3) is 0 Å². The van der Waals surface area contributed by atoms with Crippen LogP contribution in [-0.4, -0.2) is 12.1 Å². The SMILES string of the molecule is CC(C)C(=O)Nc1cc(-c2ccc3c(c2)CC(c2cc(Cl)cc(Cl)c2)(C(F)(F)F)O3)ccc1C#N. The molecule has 4 rings (SSSR count). The molecule has 3 aromatic rings. The maximum atomic E-state index is 14.4. The van der Waals surface area contributed by atoms with Crippen LogP contribution in [0, 0.1) is 17.2 Å². The molecule has 1 N–H and O–H groups in total. The van der Waals surface area contributed by atoms with Crippen LogP contribution in [0.25, 0.3) is 11.1 Å². The average molecular weight is 519 g/mol. The van der Waals surface area contributed by atoms with Gasteiger partial charge in [-0.2, -0.15) is 18.4 Å². The third-order valence-corrected chi connectivity index (χ3v) is 6.26. The molecular formula is C26H19Cl2F3N2O2. The van der Waals surface area contributed by atoms with Crippen LogP contribution in [0.3, 0.4) is 0 Å². The van der Waals surface area contributed by atoms with E-state index in [1.54, 1.807) is 44.2 Å². The summed E-state index contributed by atoms with van der Waals surface area (Å²) in [6.07, 6.45) is -5.22. The maximum absolute atomic E-state index is 14.4. The summed E-state index contributed by atoms with van der Waals surface area (Å²) >= 11 is 12.0. The lowest BCUT2D eigenvalue weighted by Crippen LogP contribution is -2.46. The molecule has 1 heterocycles. The second kappa shape index (κ2) is 9.10. The van der Waals surface area contributed by atoms with Crippen molar-refractivity contribution in [2.24, 2.45) is 5.92 Å². The number of nitriles is 1. The van der Waals surface area contributed by atoms with Crippen molar-refractivity contribution in [2.75, 3.05) is 5.32 Å². The smallest absolute Gasteiger partial charge is 0.432 e. The van der Waals surface area contributed by atoms with Gasteiger partial charge in [0.1, 0.15) is 11.8 Å². The van der Waals surface area contributed by atoms with E-state index in [1.165, 1.54) is 24.3 Å². The Balaban J connectivity index is 1.74. The van der Waals surface area contributed by atoms with Crippen molar-refractivity contribution in [2.45, 2.75) is 32.0 Å². The van der Waals surface area contributed by atoms with E-state index in [2.05, 4.69) is 5.32 Å². The number of benzene rings is 3. The summed E-state index contributed by atoms with van der Waals surface area (Å²) in [6, 6.07) is 15.4. The summed E-state index contributed by atoms with van der Waals surface area (Å²) in [5.74, 6) is -0.446. The predicted octanol–water partition coefficient (Wildman–Crippen LogP) is 7.52. The number of amides is 1. The van der Waals surface area contributed by atoms with Crippen LogP contribution < -0.4 is 10.1 Å². The van der Waals surface area contributed by atoms with Crippen LogP contribution in [0.5, 0.6) is 5.75 Å². The number of ether oxygens (including phenoxy) is 1. The zero-order valence-corrected chi connectivity index (χ0v) is 20.1. The van der Waals surface area contributed by atoms with Crippen molar-refractivity contribution in [3.8, 4) is 22.9 Å².